The summed E-state index contributed by atoms with van der Waals surface area (Å²) < 4.78 is 32.9. The molecule has 7 nitrogen and oxygen atoms in total. The van der Waals surface area contributed by atoms with Gasteiger partial charge in [-0.25, -0.2) is 8.42 Å². The minimum Gasteiger partial charge on any atom is -0.495 e. The van der Waals surface area contributed by atoms with E-state index < -0.39 is 10.0 Å². The van der Waals surface area contributed by atoms with Crippen LogP contribution in [0.4, 0.5) is 11.6 Å². The largest absolute Gasteiger partial charge is 0.495 e. The van der Waals surface area contributed by atoms with Crippen LogP contribution in [-0.2, 0) is 10.0 Å². The normalized spacial score (nSPS) is 11.2. The van der Waals surface area contributed by atoms with Crippen LogP contribution in [0.3, 0.4) is 0 Å². The van der Waals surface area contributed by atoms with Gasteiger partial charge in [0.2, 0.25) is 0 Å². The highest BCUT2D eigenvalue weighted by atomic mass is 32.2. The first-order valence-corrected chi connectivity index (χ1v) is 9.11. The molecule has 2 N–H and O–H groups in total. The smallest absolute Gasteiger partial charge is 0.266 e. The third-order valence-corrected chi connectivity index (χ3v) is 4.91. The summed E-state index contributed by atoms with van der Waals surface area (Å²) in [6, 6.07) is 6.53. The first kappa shape index (κ1) is 18.0. The molecule has 0 bridgehead atoms. The number of sulfonamides is 1. The van der Waals surface area contributed by atoms with Crippen LogP contribution < -0.4 is 14.8 Å². The van der Waals surface area contributed by atoms with Crippen molar-refractivity contribution in [2.45, 2.75) is 32.1 Å². The standard InChI is InChI=1S/C16H22N4O3S/c1-5-8-17-15-6-7-16(19-18-15)20-24(21,22)14-10-12(3)11(2)9-13(14)23-4/h6-7,9-10H,5,8H2,1-4H3,(H,17,18)(H,19,20). The number of benzene rings is 1. The SMILES string of the molecule is CCCNc1ccc(NS(=O)(=O)c2cc(C)c(C)cc2OC)nn1. The maximum atomic E-state index is 12.6. The number of nitrogens with zero attached hydrogens (tertiary/aromatic N) is 2. The van der Waals surface area contributed by atoms with Gasteiger partial charge in [-0.05, 0) is 55.7 Å². The molecular formula is C16H22N4O3S. The Kier molecular flexibility index (Phi) is 5.61. The van der Waals surface area contributed by atoms with Gasteiger partial charge in [-0.15, -0.1) is 10.2 Å². The van der Waals surface area contributed by atoms with Gasteiger partial charge >= 0.3 is 0 Å². The minimum absolute atomic E-state index is 0.0723. The van der Waals surface area contributed by atoms with Crippen LogP contribution >= 0.6 is 0 Å². The number of aryl methyl sites for hydroxylation is 2. The van der Waals surface area contributed by atoms with Crippen molar-refractivity contribution in [1.29, 1.82) is 0 Å². The highest BCUT2D eigenvalue weighted by molar-refractivity contribution is 7.92. The zero-order valence-corrected chi connectivity index (χ0v) is 15.1. The summed E-state index contributed by atoms with van der Waals surface area (Å²) >= 11 is 0. The Morgan fingerprint density at radius 3 is 2.29 bits per heavy atom. The Morgan fingerprint density at radius 2 is 1.71 bits per heavy atom. The van der Waals surface area contributed by atoms with E-state index in [1.807, 2.05) is 20.8 Å². The second-order valence-corrected chi connectivity index (χ2v) is 7.07. The molecule has 1 heterocycles. The second kappa shape index (κ2) is 7.48. The zero-order valence-electron chi connectivity index (χ0n) is 14.3. The molecule has 2 rings (SSSR count). The first-order valence-electron chi connectivity index (χ1n) is 7.63. The summed E-state index contributed by atoms with van der Waals surface area (Å²) in [4.78, 5) is 0.0723. The van der Waals surface area contributed by atoms with E-state index in [9.17, 15) is 8.42 Å². The van der Waals surface area contributed by atoms with Crippen LogP contribution in [0.25, 0.3) is 0 Å². The molecule has 1 aromatic heterocycles. The predicted molar refractivity (Wildman–Crippen MR) is 94.1 cm³/mol. The van der Waals surface area contributed by atoms with E-state index in [4.69, 9.17) is 4.74 Å². The number of aromatic nitrogens is 2. The number of methoxy groups -OCH3 is 1. The lowest BCUT2D eigenvalue weighted by Gasteiger charge is -2.13. The fraction of sp³-hybridized carbons (Fsp3) is 0.375. The maximum absolute atomic E-state index is 12.6. The quantitative estimate of drug-likeness (QED) is 0.797. The number of rotatable bonds is 7. The van der Waals surface area contributed by atoms with Crippen LogP contribution in [0.5, 0.6) is 5.75 Å². The van der Waals surface area contributed by atoms with Crippen molar-refractivity contribution >= 4 is 21.7 Å². The van der Waals surface area contributed by atoms with Gasteiger partial charge in [0.1, 0.15) is 16.5 Å². The number of hydrogen-bond acceptors (Lipinski definition) is 6. The topological polar surface area (TPSA) is 93.2 Å². The Bertz CT molecular complexity index is 805. The number of nitrogens with one attached hydrogen (secondary N) is 2. The molecule has 1 aromatic carbocycles. The van der Waals surface area contributed by atoms with E-state index in [-0.39, 0.29) is 10.7 Å². The average molecular weight is 350 g/mol. The molecule has 2 aromatic rings. The molecule has 0 radical (unpaired) electrons. The Balaban J connectivity index is 2.27. The van der Waals surface area contributed by atoms with Crippen molar-refractivity contribution in [2.75, 3.05) is 23.7 Å². The molecular weight excluding hydrogens is 328 g/mol. The number of hydrogen-bond donors (Lipinski definition) is 2. The van der Waals surface area contributed by atoms with Gasteiger partial charge in [0.05, 0.1) is 7.11 Å². The molecule has 130 valence electrons. The molecule has 0 saturated carbocycles. The molecule has 24 heavy (non-hydrogen) atoms. The van der Waals surface area contributed by atoms with Crippen molar-refractivity contribution < 1.29 is 13.2 Å². The summed E-state index contributed by atoms with van der Waals surface area (Å²) in [5.74, 6) is 1.04. The molecule has 0 spiro atoms. The first-order chi connectivity index (χ1) is 11.4. The Labute approximate surface area is 142 Å². The highest BCUT2D eigenvalue weighted by Crippen LogP contribution is 2.28. The molecule has 0 aliphatic carbocycles. The highest BCUT2D eigenvalue weighted by Gasteiger charge is 2.21. The van der Waals surface area contributed by atoms with Crippen LogP contribution in [-0.4, -0.2) is 32.3 Å². The fourth-order valence-electron chi connectivity index (χ4n) is 2.06. The number of anilines is 2. The van der Waals surface area contributed by atoms with Gasteiger partial charge in [-0.1, -0.05) is 6.92 Å². The summed E-state index contributed by atoms with van der Waals surface area (Å²) in [7, 11) is -2.38. The molecule has 0 saturated heterocycles. The molecule has 8 heteroatoms. The Hall–Kier alpha value is -2.35. The van der Waals surface area contributed by atoms with E-state index in [0.717, 1.165) is 24.1 Å². The van der Waals surface area contributed by atoms with Crippen molar-refractivity contribution in [3.63, 3.8) is 0 Å². The number of ether oxygens (including phenoxy) is 1. The summed E-state index contributed by atoms with van der Waals surface area (Å²) in [6.07, 6.45) is 0.961. The van der Waals surface area contributed by atoms with Gasteiger partial charge in [-0.3, -0.25) is 4.72 Å². The lowest BCUT2D eigenvalue weighted by atomic mass is 10.1. The summed E-state index contributed by atoms with van der Waals surface area (Å²) in [6.45, 7) is 6.57. The fourth-order valence-corrected chi connectivity index (χ4v) is 3.29. The Morgan fingerprint density at radius 1 is 1.08 bits per heavy atom. The van der Waals surface area contributed by atoms with Crippen molar-refractivity contribution in [1.82, 2.24) is 10.2 Å². The predicted octanol–water partition coefficient (Wildman–Crippen LogP) is 2.72. The molecule has 0 atom stereocenters. The monoisotopic (exact) mass is 350 g/mol. The van der Waals surface area contributed by atoms with Gasteiger partial charge in [0, 0.05) is 6.54 Å². The van der Waals surface area contributed by atoms with Crippen LogP contribution in [0, 0.1) is 13.8 Å². The third kappa shape index (κ3) is 4.14. The molecule has 0 amide bonds. The molecule has 0 fully saturated rings. The average Bonchev–Trinajstić information content (AvgIpc) is 2.56. The maximum Gasteiger partial charge on any atom is 0.266 e. The lowest BCUT2D eigenvalue weighted by Crippen LogP contribution is -2.16. The zero-order chi connectivity index (χ0) is 17.7. The van der Waals surface area contributed by atoms with Crippen LogP contribution in [0.1, 0.15) is 24.5 Å². The van der Waals surface area contributed by atoms with E-state index in [2.05, 4.69) is 20.2 Å². The van der Waals surface area contributed by atoms with Crippen molar-refractivity contribution in [3.05, 3.63) is 35.4 Å². The van der Waals surface area contributed by atoms with Crippen molar-refractivity contribution in [2.24, 2.45) is 0 Å². The summed E-state index contributed by atoms with van der Waals surface area (Å²) in [5.41, 5.74) is 1.82. The van der Waals surface area contributed by atoms with E-state index in [1.165, 1.54) is 7.11 Å². The molecule has 0 unspecified atom stereocenters. The van der Waals surface area contributed by atoms with Gasteiger partial charge in [0.25, 0.3) is 10.0 Å². The third-order valence-electron chi connectivity index (χ3n) is 3.53. The van der Waals surface area contributed by atoms with Crippen LogP contribution in [0.2, 0.25) is 0 Å². The van der Waals surface area contributed by atoms with Crippen molar-refractivity contribution in [3.8, 4) is 5.75 Å². The van der Waals surface area contributed by atoms with E-state index in [0.29, 0.717) is 11.6 Å². The second-order valence-electron chi connectivity index (χ2n) is 5.42. The van der Waals surface area contributed by atoms with Gasteiger partial charge < -0.3 is 10.1 Å². The van der Waals surface area contributed by atoms with Gasteiger partial charge in [-0.2, -0.15) is 0 Å². The molecule has 0 aliphatic rings. The van der Waals surface area contributed by atoms with Gasteiger partial charge in [0.15, 0.2) is 5.82 Å². The van der Waals surface area contributed by atoms with E-state index in [1.54, 1.807) is 24.3 Å². The lowest BCUT2D eigenvalue weighted by molar-refractivity contribution is 0.402. The van der Waals surface area contributed by atoms with Crippen LogP contribution in [0.15, 0.2) is 29.2 Å². The molecule has 0 aliphatic heterocycles. The summed E-state index contributed by atoms with van der Waals surface area (Å²) in [5, 5.41) is 10.9. The minimum atomic E-state index is -3.82. The van der Waals surface area contributed by atoms with E-state index >= 15 is 0 Å².